The number of benzene rings is 1. The third-order valence-electron chi connectivity index (χ3n) is 3.04. The third-order valence-corrected chi connectivity index (χ3v) is 3.04. The van der Waals surface area contributed by atoms with Gasteiger partial charge in [0, 0.05) is 6.20 Å². The summed E-state index contributed by atoms with van der Waals surface area (Å²) >= 11 is 0. The van der Waals surface area contributed by atoms with Crippen molar-refractivity contribution in [1.82, 2.24) is 15.3 Å². The maximum Gasteiger partial charge on any atom is 0.408 e. The number of aryl methyl sites for hydroxylation is 1. The van der Waals surface area contributed by atoms with E-state index in [9.17, 15) is 9.59 Å². The average Bonchev–Trinajstić information content (AvgIpc) is 2.53. The topological polar surface area (TPSA) is 101 Å². The second kappa shape index (κ2) is 7.88. The summed E-state index contributed by atoms with van der Waals surface area (Å²) in [6.07, 6.45) is 0.525. The van der Waals surface area contributed by atoms with Gasteiger partial charge >= 0.3 is 12.1 Å². The molecule has 0 radical (unpaired) electrons. The van der Waals surface area contributed by atoms with Crippen molar-refractivity contribution in [2.75, 3.05) is 0 Å². The zero-order valence-electron chi connectivity index (χ0n) is 12.6. The van der Waals surface area contributed by atoms with Crippen LogP contribution in [-0.2, 0) is 16.1 Å². The molecule has 0 saturated carbocycles. The number of carboxylic acids is 1. The first-order valence-electron chi connectivity index (χ1n) is 7.03. The molecule has 1 aromatic carbocycles. The van der Waals surface area contributed by atoms with Gasteiger partial charge in [0.1, 0.15) is 12.4 Å². The van der Waals surface area contributed by atoms with E-state index in [4.69, 9.17) is 9.84 Å². The van der Waals surface area contributed by atoms with E-state index in [2.05, 4.69) is 15.3 Å². The Morgan fingerprint density at radius 3 is 2.65 bits per heavy atom. The number of amides is 1. The zero-order chi connectivity index (χ0) is 16.7. The molecule has 0 spiro atoms. The molecule has 2 rings (SSSR count). The van der Waals surface area contributed by atoms with Crippen LogP contribution in [0.4, 0.5) is 4.79 Å². The molecule has 120 valence electrons. The molecule has 0 fully saturated rings. The molecule has 1 unspecified atom stereocenters. The maximum atomic E-state index is 11.9. The predicted octanol–water partition coefficient (Wildman–Crippen LogP) is 2.23. The number of carbonyl (C=O) groups excluding carboxylic acids is 1. The van der Waals surface area contributed by atoms with E-state index in [1.807, 2.05) is 30.3 Å². The van der Waals surface area contributed by atoms with Gasteiger partial charge in [0.2, 0.25) is 0 Å². The second-order valence-corrected chi connectivity index (χ2v) is 4.89. The van der Waals surface area contributed by atoms with Gasteiger partial charge in [0.05, 0.1) is 18.2 Å². The molecule has 2 aromatic rings. The Hall–Kier alpha value is -2.96. The van der Waals surface area contributed by atoms with Gasteiger partial charge in [-0.05, 0) is 18.6 Å². The fourth-order valence-corrected chi connectivity index (χ4v) is 1.98. The van der Waals surface area contributed by atoms with Crippen LogP contribution in [-0.4, -0.2) is 27.1 Å². The van der Waals surface area contributed by atoms with Crippen molar-refractivity contribution < 1.29 is 19.4 Å². The van der Waals surface area contributed by atoms with Crippen LogP contribution >= 0.6 is 0 Å². The standard InChI is InChI=1S/C16H17N3O4/c1-11-17-8-7-13(18-11)14(9-15(20)21)19-16(22)23-10-12-5-3-2-4-6-12/h2-8,14H,9-10H2,1H3,(H,19,22)(H,20,21). The van der Waals surface area contributed by atoms with Crippen LogP contribution in [0.25, 0.3) is 0 Å². The molecule has 1 aromatic heterocycles. The Kier molecular flexibility index (Phi) is 5.62. The van der Waals surface area contributed by atoms with E-state index < -0.39 is 18.1 Å². The Morgan fingerprint density at radius 2 is 2.00 bits per heavy atom. The molecule has 1 atom stereocenters. The van der Waals surface area contributed by atoms with Crippen LogP contribution in [0, 0.1) is 6.92 Å². The number of hydrogen-bond donors (Lipinski definition) is 2. The van der Waals surface area contributed by atoms with Crippen LogP contribution in [0.3, 0.4) is 0 Å². The number of carbonyl (C=O) groups is 2. The lowest BCUT2D eigenvalue weighted by molar-refractivity contribution is -0.137. The number of rotatable bonds is 6. The van der Waals surface area contributed by atoms with Crippen molar-refractivity contribution in [3.8, 4) is 0 Å². The van der Waals surface area contributed by atoms with Gasteiger partial charge in [0.25, 0.3) is 0 Å². The molecule has 2 N–H and O–H groups in total. The minimum atomic E-state index is -1.05. The number of aromatic nitrogens is 2. The molecule has 0 aliphatic carbocycles. The van der Waals surface area contributed by atoms with Gasteiger partial charge < -0.3 is 15.2 Å². The molecule has 7 nitrogen and oxygen atoms in total. The molecule has 0 aliphatic heterocycles. The summed E-state index contributed by atoms with van der Waals surface area (Å²) < 4.78 is 5.11. The molecular weight excluding hydrogens is 298 g/mol. The lowest BCUT2D eigenvalue weighted by Crippen LogP contribution is -2.31. The second-order valence-electron chi connectivity index (χ2n) is 4.89. The van der Waals surface area contributed by atoms with Crippen molar-refractivity contribution in [3.63, 3.8) is 0 Å². The normalized spacial score (nSPS) is 11.5. The van der Waals surface area contributed by atoms with E-state index in [-0.39, 0.29) is 13.0 Å². The molecule has 1 heterocycles. The SMILES string of the molecule is Cc1nccc(C(CC(=O)O)NC(=O)OCc2ccccc2)n1. The summed E-state index contributed by atoms with van der Waals surface area (Å²) in [5, 5.41) is 11.5. The maximum absolute atomic E-state index is 11.9. The number of aliphatic carboxylic acids is 1. The summed E-state index contributed by atoms with van der Waals surface area (Å²) in [5.41, 5.74) is 1.27. The van der Waals surface area contributed by atoms with E-state index in [0.29, 0.717) is 11.5 Å². The molecular formula is C16H17N3O4. The summed E-state index contributed by atoms with van der Waals surface area (Å²) in [6, 6.07) is 9.99. The molecule has 1 amide bonds. The first kappa shape index (κ1) is 16.4. The summed E-state index contributed by atoms with van der Waals surface area (Å²) in [4.78, 5) is 31.0. The highest BCUT2D eigenvalue weighted by molar-refractivity contribution is 5.71. The van der Waals surface area contributed by atoms with Gasteiger partial charge in [-0.1, -0.05) is 30.3 Å². The predicted molar refractivity (Wildman–Crippen MR) is 81.5 cm³/mol. The monoisotopic (exact) mass is 315 g/mol. The van der Waals surface area contributed by atoms with Gasteiger partial charge in [-0.3, -0.25) is 4.79 Å². The minimum absolute atomic E-state index is 0.106. The van der Waals surface area contributed by atoms with Crippen LogP contribution in [0.15, 0.2) is 42.6 Å². The highest BCUT2D eigenvalue weighted by Crippen LogP contribution is 2.15. The number of nitrogens with zero attached hydrogens (tertiary/aromatic N) is 2. The van der Waals surface area contributed by atoms with Crippen molar-refractivity contribution in [3.05, 3.63) is 59.7 Å². The van der Waals surface area contributed by atoms with Crippen LogP contribution in [0.1, 0.15) is 29.5 Å². The Labute approximate surface area is 133 Å². The summed E-state index contributed by atoms with van der Waals surface area (Å²) in [6.45, 7) is 1.80. The van der Waals surface area contributed by atoms with Gasteiger partial charge in [-0.15, -0.1) is 0 Å². The van der Waals surface area contributed by atoms with Crippen LogP contribution < -0.4 is 5.32 Å². The first-order valence-corrected chi connectivity index (χ1v) is 7.03. The molecule has 0 saturated heterocycles. The first-order chi connectivity index (χ1) is 11.0. The number of nitrogens with one attached hydrogen (secondary N) is 1. The van der Waals surface area contributed by atoms with Gasteiger partial charge in [0.15, 0.2) is 0 Å². The smallest absolute Gasteiger partial charge is 0.408 e. The molecule has 23 heavy (non-hydrogen) atoms. The van der Waals surface area contributed by atoms with Crippen LogP contribution in [0.2, 0.25) is 0 Å². The number of hydrogen-bond acceptors (Lipinski definition) is 5. The van der Waals surface area contributed by atoms with E-state index in [1.54, 1.807) is 13.0 Å². The minimum Gasteiger partial charge on any atom is -0.481 e. The van der Waals surface area contributed by atoms with Crippen molar-refractivity contribution >= 4 is 12.1 Å². The van der Waals surface area contributed by atoms with Gasteiger partial charge in [-0.2, -0.15) is 0 Å². The lowest BCUT2D eigenvalue weighted by atomic mass is 10.1. The Morgan fingerprint density at radius 1 is 1.26 bits per heavy atom. The van der Waals surface area contributed by atoms with E-state index >= 15 is 0 Å². The zero-order valence-corrected chi connectivity index (χ0v) is 12.6. The molecule has 0 aliphatic rings. The number of ether oxygens (including phenoxy) is 1. The molecule has 7 heteroatoms. The Balaban J connectivity index is 1.99. The fraction of sp³-hybridized carbons (Fsp3) is 0.250. The van der Waals surface area contributed by atoms with Gasteiger partial charge in [-0.25, -0.2) is 14.8 Å². The van der Waals surface area contributed by atoms with E-state index in [1.165, 1.54) is 6.20 Å². The highest BCUT2D eigenvalue weighted by Gasteiger charge is 2.20. The largest absolute Gasteiger partial charge is 0.481 e. The highest BCUT2D eigenvalue weighted by atomic mass is 16.5. The summed E-state index contributed by atoms with van der Waals surface area (Å²) in [7, 11) is 0. The lowest BCUT2D eigenvalue weighted by Gasteiger charge is -2.16. The number of carboxylic acid groups (broad SMARTS) is 1. The third kappa shape index (κ3) is 5.39. The molecule has 0 bridgehead atoms. The Bertz CT molecular complexity index is 676. The van der Waals surface area contributed by atoms with E-state index in [0.717, 1.165) is 5.56 Å². The van der Waals surface area contributed by atoms with Crippen molar-refractivity contribution in [1.29, 1.82) is 0 Å². The van der Waals surface area contributed by atoms with Crippen molar-refractivity contribution in [2.45, 2.75) is 26.0 Å². The van der Waals surface area contributed by atoms with Crippen LogP contribution in [0.5, 0.6) is 0 Å². The summed E-state index contributed by atoms with van der Waals surface area (Å²) in [5.74, 6) is -0.549. The van der Waals surface area contributed by atoms with Crippen molar-refractivity contribution in [2.24, 2.45) is 0 Å². The fourth-order valence-electron chi connectivity index (χ4n) is 1.98. The quantitative estimate of drug-likeness (QED) is 0.847. The average molecular weight is 315 g/mol. The number of alkyl carbamates (subject to hydrolysis) is 1.